The number of hydrogen-bond acceptors (Lipinski definition) is 4. The average Bonchev–Trinajstić information content (AvgIpc) is 3.23. The van der Waals surface area contributed by atoms with Gasteiger partial charge in [0.1, 0.15) is 4.90 Å². The van der Waals surface area contributed by atoms with Gasteiger partial charge in [-0.25, -0.2) is 22.5 Å². The molecule has 0 fully saturated rings. The minimum Gasteiger partial charge on any atom is -0.241 e. The number of nitrogens with zero attached hydrogens (tertiary/aromatic N) is 4. The second-order valence-corrected chi connectivity index (χ2v) is 6.98. The Kier molecular flexibility index (Phi) is 4.64. The van der Waals surface area contributed by atoms with Gasteiger partial charge >= 0.3 is 6.55 Å². The minimum absolute atomic E-state index is 0.00756. The topological polar surface area (TPSA) is 81.8 Å². The fourth-order valence-corrected chi connectivity index (χ4v) is 3.55. The van der Waals surface area contributed by atoms with E-state index in [0.29, 0.717) is 10.2 Å². The summed E-state index contributed by atoms with van der Waals surface area (Å²) in [5.41, 5.74) is 1.41. The number of rotatable bonds is 6. The summed E-state index contributed by atoms with van der Waals surface area (Å²) < 4.78 is 54.6. The lowest BCUT2D eigenvalue weighted by Gasteiger charge is -2.10. The van der Waals surface area contributed by atoms with Crippen molar-refractivity contribution in [1.29, 1.82) is 0 Å². The van der Waals surface area contributed by atoms with Crippen LogP contribution in [0, 0.1) is 6.92 Å². The zero-order valence-corrected chi connectivity index (χ0v) is 14.0. The molecule has 25 heavy (non-hydrogen) atoms. The molecule has 0 radical (unpaired) electrons. The van der Waals surface area contributed by atoms with Gasteiger partial charge in [-0.1, -0.05) is 18.2 Å². The Morgan fingerprint density at radius 3 is 2.64 bits per heavy atom. The first-order valence-corrected chi connectivity index (χ1v) is 8.78. The number of benzene rings is 1. The molecule has 0 saturated carbocycles. The van der Waals surface area contributed by atoms with Crippen molar-refractivity contribution in [3.05, 3.63) is 60.2 Å². The highest BCUT2D eigenvalue weighted by Gasteiger charge is 2.22. The Hall–Kier alpha value is -2.59. The van der Waals surface area contributed by atoms with Gasteiger partial charge in [0, 0.05) is 18.9 Å². The molecule has 0 atom stereocenters. The molecule has 3 aromatic rings. The lowest BCUT2D eigenvalue weighted by molar-refractivity contribution is 0.0561. The molecule has 0 aliphatic heterocycles. The second-order valence-electron chi connectivity index (χ2n) is 5.24. The van der Waals surface area contributed by atoms with Crippen molar-refractivity contribution in [2.75, 3.05) is 0 Å². The number of sulfonamides is 1. The quantitative estimate of drug-likeness (QED) is 0.724. The Morgan fingerprint density at radius 1 is 1.24 bits per heavy atom. The number of aromatic nitrogens is 4. The lowest BCUT2D eigenvalue weighted by atomic mass is 10.2. The van der Waals surface area contributed by atoms with E-state index in [1.54, 1.807) is 41.3 Å². The number of halogens is 2. The summed E-state index contributed by atoms with van der Waals surface area (Å²) in [6, 6.07) is 8.90. The first-order valence-electron chi connectivity index (χ1n) is 7.30. The van der Waals surface area contributed by atoms with Crippen LogP contribution in [-0.2, 0) is 16.6 Å². The van der Waals surface area contributed by atoms with Crippen molar-refractivity contribution in [3.8, 4) is 5.69 Å². The highest BCUT2D eigenvalue weighted by Crippen LogP contribution is 2.19. The minimum atomic E-state index is -3.98. The molecule has 7 nitrogen and oxygen atoms in total. The van der Waals surface area contributed by atoms with E-state index >= 15 is 0 Å². The first kappa shape index (κ1) is 17.2. The van der Waals surface area contributed by atoms with Crippen LogP contribution in [0.5, 0.6) is 0 Å². The molecular weight excluding hydrogens is 352 g/mol. The van der Waals surface area contributed by atoms with Crippen molar-refractivity contribution in [2.24, 2.45) is 0 Å². The van der Waals surface area contributed by atoms with Gasteiger partial charge < -0.3 is 0 Å². The molecule has 10 heteroatoms. The third kappa shape index (κ3) is 3.59. The third-order valence-electron chi connectivity index (χ3n) is 3.56. The molecule has 1 N–H and O–H groups in total. The zero-order chi connectivity index (χ0) is 18.0. The summed E-state index contributed by atoms with van der Waals surface area (Å²) in [7, 11) is -3.98. The van der Waals surface area contributed by atoms with Crippen LogP contribution in [-0.4, -0.2) is 28.0 Å². The molecule has 1 aromatic carbocycles. The average molecular weight is 367 g/mol. The van der Waals surface area contributed by atoms with Gasteiger partial charge in [0.2, 0.25) is 10.0 Å². The number of hydrogen-bond donors (Lipinski definition) is 1. The van der Waals surface area contributed by atoms with E-state index in [2.05, 4.69) is 14.9 Å². The molecule has 0 amide bonds. The fourth-order valence-electron chi connectivity index (χ4n) is 2.37. The van der Waals surface area contributed by atoms with Crippen molar-refractivity contribution in [2.45, 2.75) is 24.9 Å². The molecular formula is C15H15F2N5O2S. The van der Waals surface area contributed by atoms with Crippen LogP contribution >= 0.6 is 0 Å². The lowest BCUT2D eigenvalue weighted by Crippen LogP contribution is -2.24. The molecule has 3 rings (SSSR count). The van der Waals surface area contributed by atoms with Gasteiger partial charge in [0.25, 0.3) is 0 Å². The summed E-state index contributed by atoms with van der Waals surface area (Å²) in [5, 5.41) is 7.65. The SMILES string of the molecule is Cc1nn(C(F)F)cc1S(=O)(=O)NCc1ccccc1-n1cccn1. The van der Waals surface area contributed by atoms with E-state index in [0.717, 1.165) is 11.9 Å². The van der Waals surface area contributed by atoms with E-state index in [1.807, 2.05) is 6.07 Å². The van der Waals surface area contributed by atoms with Crippen molar-refractivity contribution < 1.29 is 17.2 Å². The normalized spacial score (nSPS) is 12.0. The monoisotopic (exact) mass is 367 g/mol. The van der Waals surface area contributed by atoms with E-state index in [-0.39, 0.29) is 17.1 Å². The summed E-state index contributed by atoms with van der Waals surface area (Å²) in [6.45, 7) is -1.55. The predicted octanol–water partition coefficient (Wildman–Crippen LogP) is 2.25. The second kappa shape index (κ2) is 6.73. The van der Waals surface area contributed by atoms with E-state index in [1.165, 1.54) is 6.92 Å². The summed E-state index contributed by atoms with van der Waals surface area (Å²) >= 11 is 0. The molecule has 2 aromatic heterocycles. The molecule has 2 heterocycles. The standard InChI is InChI=1S/C15H15F2N5O2S/c1-11-14(10-22(20-11)15(16)17)25(23,24)19-9-12-5-2-3-6-13(12)21-8-4-7-18-21/h2-8,10,15,19H,9H2,1H3. The molecule has 0 aliphatic rings. The number of nitrogens with one attached hydrogen (secondary N) is 1. The third-order valence-corrected chi connectivity index (χ3v) is 5.06. The summed E-state index contributed by atoms with van der Waals surface area (Å²) in [5.74, 6) is 0. The molecule has 0 saturated heterocycles. The van der Waals surface area contributed by atoms with Crippen LogP contribution < -0.4 is 4.72 Å². The highest BCUT2D eigenvalue weighted by atomic mass is 32.2. The Bertz CT molecular complexity index is 968. The predicted molar refractivity (Wildman–Crippen MR) is 85.8 cm³/mol. The smallest absolute Gasteiger partial charge is 0.241 e. The van der Waals surface area contributed by atoms with Crippen molar-refractivity contribution in [3.63, 3.8) is 0 Å². The molecule has 0 unspecified atom stereocenters. The maximum Gasteiger partial charge on any atom is 0.333 e. The van der Waals surface area contributed by atoms with Gasteiger partial charge in [0.15, 0.2) is 0 Å². The van der Waals surface area contributed by atoms with Crippen LogP contribution in [0.15, 0.2) is 53.8 Å². The maximum absolute atomic E-state index is 12.7. The van der Waals surface area contributed by atoms with Gasteiger partial charge in [-0.2, -0.15) is 19.0 Å². The zero-order valence-electron chi connectivity index (χ0n) is 13.2. The van der Waals surface area contributed by atoms with Crippen LogP contribution in [0.3, 0.4) is 0 Å². The van der Waals surface area contributed by atoms with Gasteiger partial charge in [-0.15, -0.1) is 0 Å². The number of para-hydroxylation sites is 1. The van der Waals surface area contributed by atoms with Crippen molar-refractivity contribution >= 4 is 10.0 Å². The van der Waals surface area contributed by atoms with Gasteiger partial charge in [-0.3, -0.25) is 0 Å². The number of aryl methyl sites for hydroxylation is 1. The van der Waals surface area contributed by atoms with Crippen molar-refractivity contribution in [1.82, 2.24) is 24.3 Å². The number of alkyl halides is 2. The van der Waals surface area contributed by atoms with Crippen LogP contribution in [0.25, 0.3) is 5.69 Å². The van der Waals surface area contributed by atoms with Gasteiger partial charge in [0.05, 0.1) is 17.6 Å². The largest absolute Gasteiger partial charge is 0.333 e. The van der Waals surface area contributed by atoms with Crippen LogP contribution in [0.2, 0.25) is 0 Å². The molecule has 0 spiro atoms. The Balaban J connectivity index is 1.84. The van der Waals surface area contributed by atoms with Gasteiger partial charge in [-0.05, 0) is 24.6 Å². The summed E-state index contributed by atoms with van der Waals surface area (Å²) in [4.78, 5) is -0.274. The van der Waals surface area contributed by atoms with Crippen LogP contribution in [0.1, 0.15) is 17.8 Å². The first-order chi connectivity index (χ1) is 11.9. The molecule has 0 bridgehead atoms. The Morgan fingerprint density at radius 2 is 2.00 bits per heavy atom. The van der Waals surface area contributed by atoms with E-state index in [4.69, 9.17) is 0 Å². The molecule has 0 aliphatic carbocycles. The van der Waals surface area contributed by atoms with E-state index < -0.39 is 16.6 Å². The maximum atomic E-state index is 12.7. The highest BCUT2D eigenvalue weighted by molar-refractivity contribution is 7.89. The fraction of sp³-hybridized carbons (Fsp3) is 0.200. The molecule has 132 valence electrons. The Labute approximate surface area is 142 Å². The van der Waals surface area contributed by atoms with E-state index in [9.17, 15) is 17.2 Å². The van der Waals surface area contributed by atoms with Crippen LogP contribution in [0.4, 0.5) is 8.78 Å². The summed E-state index contributed by atoms with van der Waals surface area (Å²) in [6.07, 6.45) is 4.18.